The summed E-state index contributed by atoms with van der Waals surface area (Å²) in [7, 11) is -3.64. The second-order valence-electron chi connectivity index (χ2n) is 5.75. The highest BCUT2D eigenvalue weighted by Gasteiger charge is 2.16. The van der Waals surface area contributed by atoms with E-state index >= 15 is 0 Å². The summed E-state index contributed by atoms with van der Waals surface area (Å²) in [5, 5.41) is 8.15. The molecule has 1 N–H and O–H groups in total. The SMILES string of the molecule is Cc1cccc(S(=O)(=O)Nc2ccc(N3CCCCC3)nn2)c1. The number of nitrogens with zero attached hydrogens (tertiary/aromatic N) is 3. The van der Waals surface area contributed by atoms with Gasteiger partial charge in [0.25, 0.3) is 10.0 Å². The van der Waals surface area contributed by atoms with Crippen LogP contribution in [0, 0.1) is 6.92 Å². The van der Waals surface area contributed by atoms with Crippen LogP contribution in [0.5, 0.6) is 0 Å². The van der Waals surface area contributed by atoms with Crippen molar-refractivity contribution in [3.05, 3.63) is 42.0 Å². The Labute approximate surface area is 136 Å². The quantitative estimate of drug-likeness (QED) is 0.931. The maximum absolute atomic E-state index is 12.4. The summed E-state index contributed by atoms with van der Waals surface area (Å²) in [6.07, 6.45) is 3.56. The fraction of sp³-hybridized carbons (Fsp3) is 0.375. The second kappa shape index (κ2) is 6.54. The molecule has 7 heteroatoms. The van der Waals surface area contributed by atoms with Gasteiger partial charge in [-0.15, -0.1) is 10.2 Å². The molecular formula is C16H20N4O2S. The number of aryl methyl sites for hydroxylation is 1. The van der Waals surface area contributed by atoms with E-state index < -0.39 is 10.0 Å². The Kier molecular flexibility index (Phi) is 4.47. The van der Waals surface area contributed by atoms with Gasteiger partial charge in [-0.1, -0.05) is 12.1 Å². The van der Waals surface area contributed by atoms with Gasteiger partial charge in [0.1, 0.15) is 0 Å². The van der Waals surface area contributed by atoms with Crippen molar-refractivity contribution >= 4 is 21.7 Å². The van der Waals surface area contributed by atoms with Gasteiger partial charge < -0.3 is 4.90 Å². The molecule has 122 valence electrons. The first-order valence-electron chi connectivity index (χ1n) is 7.73. The Morgan fingerprint density at radius 1 is 1.04 bits per heavy atom. The number of hydrogen-bond acceptors (Lipinski definition) is 5. The van der Waals surface area contributed by atoms with E-state index in [1.807, 2.05) is 19.1 Å². The molecule has 0 saturated carbocycles. The maximum atomic E-state index is 12.4. The molecule has 6 nitrogen and oxygen atoms in total. The molecule has 1 aromatic heterocycles. The molecular weight excluding hydrogens is 312 g/mol. The van der Waals surface area contributed by atoms with Crippen molar-refractivity contribution in [1.29, 1.82) is 0 Å². The third kappa shape index (κ3) is 3.79. The normalized spacial score (nSPS) is 15.4. The number of rotatable bonds is 4. The first kappa shape index (κ1) is 15.7. The van der Waals surface area contributed by atoms with E-state index in [9.17, 15) is 8.42 Å². The molecule has 2 aromatic rings. The van der Waals surface area contributed by atoms with Gasteiger partial charge in [-0.05, 0) is 56.0 Å². The van der Waals surface area contributed by atoms with Crippen LogP contribution in [0.4, 0.5) is 11.6 Å². The molecule has 0 radical (unpaired) electrons. The number of benzene rings is 1. The van der Waals surface area contributed by atoms with Gasteiger partial charge in [0, 0.05) is 13.1 Å². The molecule has 0 bridgehead atoms. The lowest BCUT2D eigenvalue weighted by Crippen LogP contribution is -2.30. The number of nitrogens with one attached hydrogen (secondary N) is 1. The van der Waals surface area contributed by atoms with Crippen molar-refractivity contribution in [2.24, 2.45) is 0 Å². The average Bonchev–Trinajstić information content (AvgIpc) is 2.56. The molecule has 2 heterocycles. The maximum Gasteiger partial charge on any atom is 0.263 e. The Hall–Kier alpha value is -2.15. The highest BCUT2D eigenvalue weighted by atomic mass is 32.2. The Bertz CT molecular complexity index is 769. The standard InChI is InChI=1S/C16H20N4O2S/c1-13-6-5-7-14(12-13)23(21,22)19-15-8-9-16(18-17-15)20-10-3-2-4-11-20/h5-9,12H,2-4,10-11H2,1H3,(H,17,19). The van der Waals surface area contributed by atoms with Crippen LogP contribution >= 0.6 is 0 Å². The fourth-order valence-corrected chi connectivity index (χ4v) is 3.75. The van der Waals surface area contributed by atoms with E-state index in [0.717, 1.165) is 37.3 Å². The van der Waals surface area contributed by atoms with E-state index in [-0.39, 0.29) is 10.7 Å². The van der Waals surface area contributed by atoms with Gasteiger partial charge in [0.2, 0.25) is 0 Å². The summed E-state index contributed by atoms with van der Waals surface area (Å²) >= 11 is 0. The molecule has 23 heavy (non-hydrogen) atoms. The van der Waals surface area contributed by atoms with Crippen LogP contribution in [0.3, 0.4) is 0 Å². The molecule has 0 aliphatic carbocycles. The largest absolute Gasteiger partial charge is 0.355 e. The average molecular weight is 332 g/mol. The molecule has 1 aliphatic rings. The predicted octanol–water partition coefficient (Wildman–Crippen LogP) is 2.58. The summed E-state index contributed by atoms with van der Waals surface area (Å²) in [5.74, 6) is 1.02. The van der Waals surface area contributed by atoms with E-state index in [1.165, 1.54) is 6.42 Å². The monoisotopic (exact) mass is 332 g/mol. The molecule has 3 rings (SSSR count). The topological polar surface area (TPSA) is 75.2 Å². The molecule has 1 aliphatic heterocycles. The number of piperidine rings is 1. The number of anilines is 2. The minimum Gasteiger partial charge on any atom is -0.355 e. The van der Waals surface area contributed by atoms with Crippen molar-refractivity contribution in [2.45, 2.75) is 31.1 Å². The molecule has 0 atom stereocenters. The summed E-state index contributed by atoms with van der Waals surface area (Å²) in [6.45, 7) is 3.80. The molecule has 0 unspecified atom stereocenters. The van der Waals surface area contributed by atoms with E-state index in [2.05, 4.69) is 19.8 Å². The minimum atomic E-state index is -3.64. The molecule has 1 aromatic carbocycles. The Morgan fingerprint density at radius 3 is 2.48 bits per heavy atom. The second-order valence-corrected chi connectivity index (χ2v) is 7.43. The van der Waals surface area contributed by atoms with Crippen LogP contribution in [-0.4, -0.2) is 31.7 Å². The van der Waals surface area contributed by atoms with Crippen LogP contribution in [0.25, 0.3) is 0 Å². The lowest BCUT2D eigenvalue weighted by Gasteiger charge is -2.27. The smallest absolute Gasteiger partial charge is 0.263 e. The van der Waals surface area contributed by atoms with Gasteiger partial charge in [0.15, 0.2) is 11.6 Å². The van der Waals surface area contributed by atoms with Crippen molar-refractivity contribution in [2.75, 3.05) is 22.7 Å². The van der Waals surface area contributed by atoms with Crippen LogP contribution in [-0.2, 0) is 10.0 Å². The van der Waals surface area contributed by atoms with Crippen molar-refractivity contribution < 1.29 is 8.42 Å². The molecule has 1 fully saturated rings. The lowest BCUT2D eigenvalue weighted by atomic mass is 10.1. The Morgan fingerprint density at radius 2 is 1.83 bits per heavy atom. The fourth-order valence-electron chi connectivity index (χ4n) is 2.65. The van der Waals surface area contributed by atoms with Gasteiger partial charge in [0.05, 0.1) is 4.90 Å². The van der Waals surface area contributed by atoms with E-state index in [4.69, 9.17) is 0 Å². The highest BCUT2D eigenvalue weighted by Crippen LogP contribution is 2.19. The van der Waals surface area contributed by atoms with Crippen LogP contribution in [0.2, 0.25) is 0 Å². The van der Waals surface area contributed by atoms with Gasteiger partial charge in [-0.2, -0.15) is 0 Å². The van der Waals surface area contributed by atoms with Crippen molar-refractivity contribution in [1.82, 2.24) is 10.2 Å². The van der Waals surface area contributed by atoms with E-state index in [0.29, 0.717) is 0 Å². The minimum absolute atomic E-state index is 0.222. The van der Waals surface area contributed by atoms with E-state index in [1.54, 1.807) is 24.3 Å². The molecule has 0 spiro atoms. The number of sulfonamides is 1. The van der Waals surface area contributed by atoms with Crippen LogP contribution in [0.1, 0.15) is 24.8 Å². The van der Waals surface area contributed by atoms with Gasteiger partial charge in [-0.3, -0.25) is 4.72 Å². The van der Waals surface area contributed by atoms with Crippen molar-refractivity contribution in [3.63, 3.8) is 0 Å². The summed E-state index contributed by atoms with van der Waals surface area (Å²) in [6, 6.07) is 10.2. The first-order chi connectivity index (χ1) is 11.0. The summed E-state index contributed by atoms with van der Waals surface area (Å²) in [4.78, 5) is 2.40. The summed E-state index contributed by atoms with van der Waals surface area (Å²) < 4.78 is 27.2. The predicted molar refractivity (Wildman–Crippen MR) is 90.1 cm³/mol. The zero-order valence-electron chi connectivity index (χ0n) is 13.1. The molecule has 1 saturated heterocycles. The van der Waals surface area contributed by atoms with Gasteiger partial charge >= 0.3 is 0 Å². The lowest BCUT2D eigenvalue weighted by molar-refractivity contribution is 0.571. The molecule has 0 amide bonds. The highest BCUT2D eigenvalue weighted by molar-refractivity contribution is 7.92. The number of hydrogen-bond donors (Lipinski definition) is 1. The van der Waals surface area contributed by atoms with Gasteiger partial charge in [-0.25, -0.2) is 8.42 Å². The Balaban J connectivity index is 1.75. The third-order valence-corrected chi connectivity index (χ3v) is 5.22. The number of aromatic nitrogens is 2. The third-order valence-electron chi connectivity index (χ3n) is 3.87. The zero-order valence-corrected chi connectivity index (χ0v) is 13.9. The summed E-state index contributed by atoms with van der Waals surface area (Å²) in [5.41, 5.74) is 0.888. The van der Waals surface area contributed by atoms with Crippen molar-refractivity contribution in [3.8, 4) is 0 Å². The van der Waals surface area contributed by atoms with Crippen LogP contribution < -0.4 is 9.62 Å². The van der Waals surface area contributed by atoms with Crippen LogP contribution in [0.15, 0.2) is 41.3 Å². The zero-order chi connectivity index (χ0) is 16.3. The first-order valence-corrected chi connectivity index (χ1v) is 9.21.